The van der Waals surface area contributed by atoms with Crippen molar-refractivity contribution in [2.45, 2.75) is 70.0 Å². The summed E-state index contributed by atoms with van der Waals surface area (Å²) in [5, 5.41) is 13.0. The molecule has 1 saturated heterocycles. The summed E-state index contributed by atoms with van der Waals surface area (Å²) in [7, 11) is 0. The minimum Gasteiger partial charge on any atom is -0.483 e. The van der Waals surface area contributed by atoms with E-state index in [0.717, 1.165) is 17.2 Å². The number of halogens is 6. The second-order valence-corrected chi connectivity index (χ2v) is 9.59. The van der Waals surface area contributed by atoms with Gasteiger partial charge in [-0.1, -0.05) is 18.2 Å². The fourth-order valence-electron chi connectivity index (χ4n) is 4.15. The number of carbonyl (C=O) groups is 1. The third-order valence-corrected chi connectivity index (χ3v) is 5.73. The lowest BCUT2D eigenvalue weighted by Gasteiger charge is -2.54. The van der Waals surface area contributed by atoms with Crippen LogP contribution in [0.4, 0.5) is 31.1 Å². The summed E-state index contributed by atoms with van der Waals surface area (Å²) in [6.45, 7) is 5.03. The van der Waals surface area contributed by atoms with E-state index in [1.807, 2.05) is 0 Å². The van der Waals surface area contributed by atoms with Crippen molar-refractivity contribution in [2.24, 2.45) is 0 Å². The highest BCUT2D eigenvalue weighted by Gasteiger charge is 2.54. The monoisotopic (exact) mass is 535 g/mol. The third kappa shape index (κ3) is 6.83. The Hall–Kier alpha value is -3.06. The molecule has 4 atom stereocenters. The molecule has 37 heavy (non-hydrogen) atoms. The second kappa shape index (κ2) is 10.4. The predicted molar refractivity (Wildman–Crippen MR) is 120 cm³/mol. The van der Waals surface area contributed by atoms with Crippen LogP contribution in [0.25, 0.3) is 0 Å². The van der Waals surface area contributed by atoms with Gasteiger partial charge >= 0.3 is 18.4 Å². The quantitative estimate of drug-likeness (QED) is 0.428. The van der Waals surface area contributed by atoms with E-state index in [4.69, 9.17) is 4.74 Å². The number of alkyl halides is 6. The van der Waals surface area contributed by atoms with Crippen molar-refractivity contribution in [3.8, 4) is 5.75 Å². The highest BCUT2D eigenvalue weighted by molar-refractivity contribution is 5.67. The van der Waals surface area contributed by atoms with Gasteiger partial charge in [0.2, 0.25) is 0 Å². The first-order chi connectivity index (χ1) is 17.0. The lowest BCUT2D eigenvalue weighted by Crippen LogP contribution is -2.68. The Morgan fingerprint density at radius 2 is 1.78 bits per heavy atom. The van der Waals surface area contributed by atoms with Crippen LogP contribution in [0, 0.1) is 0 Å². The molecule has 1 aliphatic heterocycles. The van der Waals surface area contributed by atoms with Gasteiger partial charge in [0.25, 0.3) is 0 Å². The predicted octanol–water partition coefficient (Wildman–Crippen LogP) is 5.94. The van der Waals surface area contributed by atoms with Crippen molar-refractivity contribution in [3.05, 3.63) is 59.4 Å². The molecule has 0 bridgehead atoms. The van der Waals surface area contributed by atoms with E-state index in [-0.39, 0.29) is 11.3 Å². The van der Waals surface area contributed by atoms with Crippen LogP contribution in [0.5, 0.6) is 5.75 Å². The Kier molecular flexibility index (Phi) is 7.99. The van der Waals surface area contributed by atoms with Gasteiger partial charge in [-0.15, -0.1) is 0 Å². The third-order valence-electron chi connectivity index (χ3n) is 5.73. The van der Waals surface area contributed by atoms with Gasteiger partial charge in [0, 0.05) is 11.6 Å². The van der Waals surface area contributed by atoms with Gasteiger partial charge in [0.05, 0.1) is 17.5 Å². The van der Waals surface area contributed by atoms with Crippen molar-refractivity contribution < 1.29 is 45.7 Å². The smallest absolute Gasteiger partial charge is 0.422 e. The number of amides is 1. The SMILES string of the molecule is C[C@@H](NC1OC(c2ccccc2C(F)(F)F)C1N(C(=O)O)C(C)(C)C)c1ccc(OCC(F)(F)F)cn1. The van der Waals surface area contributed by atoms with E-state index in [2.05, 4.69) is 15.0 Å². The molecule has 0 aliphatic carbocycles. The molecule has 0 radical (unpaired) electrons. The molecule has 13 heteroatoms. The van der Waals surface area contributed by atoms with Gasteiger partial charge in [-0.25, -0.2) is 4.79 Å². The second-order valence-electron chi connectivity index (χ2n) is 9.59. The Balaban J connectivity index is 1.85. The highest BCUT2D eigenvalue weighted by atomic mass is 19.4. The van der Waals surface area contributed by atoms with Gasteiger partial charge in [-0.3, -0.25) is 15.2 Å². The summed E-state index contributed by atoms with van der Waals surface area (Å²) in [6, 6.07) is 5.92. The lowest BCUT2D eigenvalue weighted by molar-refractivity contribution is -0.222. The van der Waals surface area contributed by atoms with E-state index in [1.165, 1.54) is 30.3 Å². The molecular weight excluding hydrogens is 508 g/mol. The first kappa shape index (κ1) is 28.5. The van der Waals surface area contributed by atoms with E-state index >= 15 is 0 Å². The molecule has 3 unspecified atom stereocenters. The fraction of sp³-hybridized carbons (Fsp3) is 0.500. The Morgan fingerprint density at radius 3 is 2.30 bits per heavy atom. The molecule has 7 nitrogen and oxygen atoms in total. The molecule has 0 spiro atoms. The maximum atomic E-state index is 13.7. The van der Waals surface area contributed by atoms with Crippen LogP contribution in [0.1, 0.15) is 56.7 Å². The number of pyridine rings is 1. The zero-order valence-corrected chi connectivity index (χ0v) is 20.4. The van der Waals surface area contributed by atoms with E-state index in [1.54, 1.807) is 27.7 Å². The van der Waals surface area contributed by atoms with Gasteiger partial charge in [-0.05, 0) is 51.5 Å². The van der Waals surface area contributed by atoms with Gasteiger partial charge in [0.1, 0.15) is 24.1 Å². The van der Waals surface area contributed by atoms with Crippen LogP contribution < -0.4 is 10.1 Å². The number of nitrogens with zero attached hydrogens (tertiary/aromatic N) is 2. The maximum absolute atomic E-state index is 13.7. The first-order valence-corrected chi connectivity index (χ1v) is 11.2. The van der Waals surface area contributed by atoms with Crippen LogP contribution in [0.15, 0.2) is 42.6 Å². The summed E-state index contributed by atoms with van der Waals surface area (Å²) >= 11 is 0. The largest absolute Gasteiger partial charge is 0.483 e. The Morgan fingerprint density at radius 1 is 1.14 bits per heavy atom. The van der Waals surface area contributed by atoms with E-state index in [9.17, 15) is 36.2 Å². The summed E-state index contributed by atoms with van der Waals surface area (Å²) in [4.78, 5) is 17.4. The number of nitrogens with one attached hydrogen (secondary N) is 1. The summed E-state index contributed by atoms with van der Waals surface area (Å²) in [5.41, 5.74) is -1.72. The van der Waals surface area contributed by atoms with Crippen molar-refractivity contribution in [3.63, 3.8) is 0 Å². The summed E-state index contributed by atoms with van der Waals surface area (Å²) in [6.07, 6.45) is -11.6. The van der Waals surface area contributed by atoms with Crippen molar-refractivity contribution in [1.29, 1.82) is 0 Å². The van der Waals surface area contributed by atoms with Crippen LogP contribution in [0.2, 0.25) is 0 Å². The van der Waals surface area contributed by atoms with Crippen LogP contribution in [-0.4, -0.2) is 51.7 Å². The molecule has 3 rings (SSSR count). The number of rotatable bonds is 7. The van der Waals surface area contributed by atoms with Crippen molar-refractivity contribution in [1.82, 2.24) is 15.2 Å². The normalized spacial score (nSPS) is 21.2. The van der Waals surface area contributed by atoms with E-state index < -0.39 is 60.6 Å². The van der Waals surface area contributed by atoms with Gasteiger partial charge in [-0.2, -0.15) is 26.3 Å². The minimum absolute atomic E-state index is 0.0975. The van der Waals surface area contributed by atoms with Crippen molar-refractivity contribution >= 4 is 6.09 Å². The van der Waals surface area contributed by atoms with Crippen LogP contribution in [-0.2, 0) is 10.9 Å². The molecule has 1 aromatic carbocycles. The molecule has 2 heterocycles. The molecule has 2 N–H and O–H groups in total. The average Bonchev–Trinajstić information content (AvgIpc) is 2.76. The molecule has 1 aromatic heterocycles. The zero-order chi connectivity index (χ0) is 27.8. The molecule has 1 fully saturated rings. The minimum atomic E-state index is -4.67. The fourth-order valence-corrected chi connectivity index (χ4v) is 4.15. The average molecular weight is 535 g/mol. The lowest BCUT2D eigenvalue weighted by atomic mass is 9.87. The number of ether oxygens (including phenoxy) is 2. The standard InChI is InChI=1S/C24H27F6N3O4/c1-13(17-10-9-14(11-31-17)36-12-23(25,26)27)32-20-18(33(21(34)35)22(2,3)4)19(37-20)15-7-5-6-8-16(15)24(28,29)30/h5-11,13,18-20,32H,12H2,1-4H3,(H,34,35)/t13-,18?,19?,20?/m1/s1. The van der Waals surface area contributed by atoms with Gasteiger partial charge in [0.15, 0.2) is 6.61 Å². The van der Waals surface area contributed by atoms with Crippen LogP contribution >= 0.6 is 0 Å². The highest BCUT2D eigenvalue weighted by Crippen LogP contribution is 2.45. The number of carboxylic acid groups (broad SMARTS) is 1. The number of hydrogen-bond acceptors (Lipinski definition) is 5. The Labute approximate surface area is 209 Å². The molecule has 0 saturated carbocycles. The Bertz CT molecular complexity index is 1090. The number of aromatic nitrogens is 1. The topological polar surface area (TPSA) is 83.9 Å². The molecule has 1 amide bonds. The molecular formula is C24H27F6N3O4. The van der Waals surface area contributed by atoms with Crippen molar-refractivity contribution in [2.75, 3.05) is 6.61 Å². The zero-order valence-electron chi connectivity index (χ0n) is 20.4. The number of hydrogen-bond donors (Lipinski definition) is 2. The van der Waals surface area contributed by atoms with Gasteiger partial charge < -0.3 is 14.6 Å². The van der Waals surface area contributed by atoms with Crippen LogP contribution in [0.3, 0.4) is 0 Å². The maximum Gasteiger partial charge on any atom is 0.422 e. The molecule has 204 valence electrons. The summed E-state index contributed by atoms with van der Waals surface area (Å²) < 4.78 is 88.5. The summed E-state index contributed by atoms with van der Waals surface area (Å²) in [5.74, 6) is -0.0975. The van der Waals surface area contributed by atoms with E-state index in [0.29, 0.717) is 5.69 Å². The molecule has 2 aromatic rings. The molecule has 1 aliphatic rings. The first-order valence-electron chi connectivity index (χ1n) is 11.2. The number of benzene rings is 1.